The molecular weight excluding hydrogens is 248 g/mol. The van der Waals surface area contributed by atoms with Gasteiger partial charge in [0, 0.05) is 11.8 Å². The molecule has 0 bridgehead atoms. The molecule has 0 fully saturated rings. The van der Waals surface area contributed by atoms with E-state index in [0.717, 1.165) is 22.6 Å². The maximum Gasteiger partial charge on any atom is 0.228 e. The predicted molar refractivity (Wildman–Crippen MR) is 73.2 cm³/mol. The fourth-order valence-corrected chi connectivity index (χ4v) is 2.35. The van der Waals surface area contributed by atoms with Crippen molar-refractivity contribution in [2.45, 2.75) is 6.42 Å². The number of hydrogen-bond acceptors (Lipinski definition) is 2. The minimum Gasteiger partial charge on any atom is -0.324 e. The number of carbonyl (C=O) groups is 1. The molecule has 1 amide bonds. The van der Waals surface area contributed by atoms with Crippen molar-refractivity contribution in [3.63, 3.8) is 0 Å². The molecule has 0 saturated carbocycles. The third-order valence-corrected chi connectivity index (χ3v) is 3.32. The van der Waals surface area contributed by atoms with Crippen LogP contribution in [0, 0.1) is 0 Å². The minimum absolute atomic E-state index is 0.00979. The van der Waals surface area contributed by atoms with Gasteiger partial charge >= 0.3 is 0 Å². The smallest absolute Gasteiger partial charge is 0.228 e. The number of benzene rings is 2. The van der Waals surface area contributed by atoms with Gasteiger partial charge in [0.05, 0.1) is 23.5 Å². The van der Waals surface area contributed by atoms with Crippen LogP contribution in [0.5, 0.6) is 0 Å². The molecule has 1 N–H and O–H groups in total. The number of nitrogens with zero attached hydrogens (tertiary/aromatic N) is 1. The number of carbonyl (C=O) groups excluding carboxylic acids is 1. The van der Waals surface area contributed by atoms with Crippen molar-refractivity contribution in [3.8, 4) is 0 Å². The number of amides is 1. The summed E-state index contributed by atoms with van der Waals surface area (Å²) >= 11 is 6.35. The lowest BCUT2D eigenvalue weighted by Crippen LogP contribution is -2.07. The highest BCUT2D eigenvalue weighted by molar-refractivity contribution is 6.30. The molecule has 2 aromatic carbocycles. The van der Waals surface area contributed by atoms with Crippen LogP contribution in [0.25, 0.3) is 0 Å². The fourth-order valence-electron chi connectivity index (χ4n) is 2.10. The first-order valence-electron chi connectivity index (χ1n) is 5.68. The summed E-state index contributed by atoms with van der Waals surface area (Å²) in [4.78, 5) is 11.4. The lowest BCUT2D eigenvalue weighted by molar-refractivity contribution is -0.115. The van der Waals surface area contributed by atoms with Crippen LogP contribution in [0.4, 0.5) is 17.1 Å². The monoisotopic (exact) mass is 258 g/mol. The Bertz CT molecular complexity index is 598. The Kier molecular flexibility index (Phi) is 2.68. The van der Waals surface area contributed by atoms with E-state index in [0.29, 0.717) is 6.42 Å². The van der Waals surface area contributed by atoms with Gasteiger partial charge in [-0.1, -0.05) is 30.3 Å². The normalized spacial score (nSPS) is 13.1. The largest absolute Gasteiger partial charge is 0.324 e. The molecule has 0 spiro atoms. The number of rotatable bonds is 2. The Hall–Kier alpha value is -2.00. The third kappa shape index (κ3) is 1.83. The van der Waals surface area contributed by atoms with Gasteiger partial charge in [0.1, 0.15) is 0 Å². The second kappa shape index (κ2) is 4.35. The quantitative estimate of drug-likeness (QED) is 0.837. The molecule has 1 heterocycles. The highest BCUT2D eigenvalue weighted by atomic mass is 35.5. The Balaban J connectivity index is 2.04. The maximum absolute atomic E-state index is 11.4. The lowest BCUT2D eigenvalue weighted by atomic mass is 10.1. The van der Waals surface area contributed by atoms with E-state index in [9.17, 15) is 4.79 Å². The van der Waals surface area contributed by atoms with Crippen molar-refractivity contribution >= 4 is 34.7 Å². The van der Waals surface area contributed by atoms with Crippen molar-refractivity contribution in [3.05, 3.63) is 54.1 Å². The first-order valence-corrected chi connectivity index (χ1v) is 6.02. The Morgan fingerprint density at radius 3 is 2.61 bits per heavy atom. The lowest BCUT2D eigenvalue weighted by Gasteiger charge is -2.18. The standard InChI is InChI=1S/C14H11ClN2O/c15-17(11-6-2-1-3-7-11)12-8-4-5-10-9-13(18)16-14(10)12/h1-8H,9H2,(H,16,18). The first kappa shape index (κ1) is 11.1. The van der Waals surface area contributed by atoms with E-state index in [1.165, 1.54) is 0 Å². The second-order valence-electron chi connectivity index (χ2n) is 4.15. The highest BCUT2D eigenvalue weighted by Crippen LogP contribution is 2.38. The minimum atomic E-state index is 0.00979. The molecule has 0 unspecified atom stereocenters. The van der Waals surface area contributed by atoms with Crippen molar-refractivity contribution in [2.24, 2.45) is 0 Å². The first-order chi connectivity index (χ1) is 8.75. The van der Waals surface area contributed by atoms with Crippen LogP contribution in [-0.4, -0.2) is 5.91 Å². The Labute approximate surface area is 110 Å². The molecule has 0 atom stereocenters. The zero-order valence-electron chi connectivity index (χ0n) is 9.56. The molecule has 0 radical (unpaired) electrons. The molecule has 4 heteroatoms. The van der Waals surface area contributed by atoms with Gasteiger partial charge in [-0.15, -0.1) is 0 Å². The summed E-state index contributed by atoms with van der Waals surface area (Å²) in [7, 11) is 0. The SMILES string of the molecule is O=C1Cc2cccc(N(Cl)c3ccccc3)c2N1. The number of hydrogen-bond donors (Lipinski definition) is 1. The summed E-state index contributed by atoms with van der Waals surface area (Å²) in [6.07, 6.45) is 0.419. The molecule has 1 aliphatic heterocycles. The van der Waals surface area contributed by atoms with Crippen molar-refractivity contribution in [2.75, 3.05) is 9.74 Å². The molecule has 3 rings (SSSR count). The molecular formula is C14H11ClN2O. The van der Waals surface area contributed by atoms with Gasteiger partial charge in [0.25, 0.3) is 0 Å². The van der Waals surface area contributed by atoms with E-state index < -0.39 is 0 Å². The average molecular weight is 259 g/mol. The van der Waals surface area contributed by atoms with Crippen LogP contribution >= 0.6 is 11.8 Å². The predicted octanol–water partition coefficient (Wildman–Crippen LogP) is 3.47. The number of anilines is 3. The van der Waals surface area contributed by atoms with E-state index >= 15 is 0 Å². The summed E-state index contributed by atoms with van der Waals surface area (Å²) in [5.74, 6) is 0.00979. The van der Waals surface area contributed by atoms with Crippen molar-refractivity contribution in [1.82, 2.24) is 0 Å². The van der Waals surface area contributed by atoms with Gasteiger partial charge in [-0.3, -0.25) is 9.21 Å². The van der Waals surface area contributed by atoms with Gasteiger partial charge in [0.2, 0.25) is 5.91 Å². The van der Waals surface area contributed by atoms with Gasteiger partial charge in [-0.05, 0) is 23.8 Å². The molecule has 0 aliphatic carbocycles. The molecule has 2 aromatic rings. The number of para-hydroxylation sites is 2. The van der Waals surface area contributed by atoms with E-state index in [4.69, 9.17) is 11.8 Å². The fraction of sp³-hybridized carbons (Fsp3) is 0.0714. The van der Waals surface area contributed by atoms with Gasteiger partial charge in [-0.25, -0.2) is 0 Å². The Morgan fingerprint density at radius 2 is 1.83 bits per heavy atom. The summed E-state index contributed by atoms with van der Waals surface area (Å²) in [6.45, 7) is 0. The topological polar surface area (TPSA) is 32.3 Å². The zero-order valence-corrected chi connectivity index (χ0v) is 10.3. The molecule has 1 aliphatic rings. The number of nitrogens with one attached hydrogen (secondary N) is 1. The second-order valence-corrected chi connectivity index (χ2v) is 4.49. The van der Waals surface area contributed by atoms with Gasteiger partial charge < -0.3 is 5.32 Å². The summed E-state index contributed by atoms with van der Waals surface area (Å²) < 4.78 is 1.56. The van der Waals surface area contributed by atoms with Crippen LogP contribution < -0.4 is 9.74 Å². The molecule has 0 saturated heterocycles. The molecule has 3 nitrogen and oxygen atoms in total. The van der Waals surface area contributed by atoms with Crippen LogP contribution in [0.3, 0.4) is 0 Å². The van der Waals surface area contributed by atoms with E-state index in [1.54, 1.807) is 4.42 Å². The third-order valence-electron chi connectivity index (χ3n) is 2.94. The average Bonchev–Trinajstić information content (AvgIpc) is 2.79. The summed E-state index contributed by atoms with van der Waals surface area (Å²) in [6, 6.07) is 15.4. The molecule has 18 heavy (non-hydrogen) atoms. The molecule has 0 aromatic heterocycles. The molecule has 90 valence electrons. The van der Waals surface area contributed by atoms with Crippen LogP contribution in [-0.2, 0) is 11.2 Å². The van der Waals surface area contributed by atoms with E-state index in [-0.39, 0.29) is 5.91 Å². The Morgan fingerprint density at radius 1 is 1.06 bits per heavy atom. The zero-order chi connectivity index (χ0) is 12.5. The summed E-state index contributed by atoms with van der Waals surface area (Å²) in [5, 5.41) is 2.85. The van der Waals surface area contributed by atoms with Crippen LogP contribution in [0.15, 0.2) is 48.5 Å². The van der Waals surface area contributed by atoms with Gasteiger partial charge in [0.15, 0.2) is 0 Å². The van der Waals surface area contributed by atoms with Crippen LogP contribution in [0.2, 0.25) is 0 Å². The van der Waals surface area contributed by atoms with Crippen LogP contribution in [0.1, 0.15) is 5.56 Å². The maximum atomic E-state index is 11.4. The number of fused-ring (bicyclic) bond motifs is 1. The number of halogens is 1. The van der Waals surface area contributed by atoms with Crippen molar-refractivity contribution < 1.29 is 4.79 Å². The highest BCUT2D eigenvalue weighted by Gasteiger charge is 2.22. The van der Waals surface area contributed by atoms with E-state index in [2.05, 4.69) is 5.32 Å². The van der Waals surface area contributed by atoms with Crippen molar-refractivity contribution in [1.29, 1.82) is 0 Å². The van der Waals surface area contributed by atoms with Gasteiger partial charge in [-0.2, -0.15) is 0 Å². The van der Waals surface area contributed by atoms with E-state index in [1.807, 2.05) is 48.5 Å². The summed E-state index contributed by atoms with van der Waals surface area (Å²) in [5.41, 5.74) is 3.46.